The fraction of sp³-hybridized carbons (Fsp3) is 0.875. The Morgan fingerprint density at radius 1 is 1.64 bits per heavy atom. The average Bonchev–Trinajstić information content (AvgIpc) is 2.69. The highest BCUT2D eigenvalue weighted by Gasteiger charge is 2.22. The lowest BCUT2D eigenvalue weighted by Gasteiger charge is -2.05. The Morgan fingerprint density at radius 2 is 2.27 bits per heavy atom. The SMILES string of the molecule is CC(C)N=C(CC1CC1)NN. The first-order chi connectivity index (χ1) is 5.22. The minimum absolute atomic E-state index is 0.347. The maximum Gasteiger partial charge on any atom is 0.111 e. The highest BCUT2D eigenvalue weighted by Crippen LogP contribution is 2.32. The molecule has 0 saturated heterocycles. The molecule has 11 heavy (non-hydrogen) atoms. The van der Waals surface area contributed by atoms with Gasteiger partial charge >= 0.3 is 0 Å². The largest absolute Gasteiger partial charge is 0.312 e. The Labute approximate surface area is 68.0 Å². The van der Waals surface area contributed by atoms with Crippen LogP contribution in [-0.4, -0.2) is 11.9 Å². The Kier molecular flexibility index (Phi) is 2.88. The predicted molar refractivity (Wildman–Crippen MR) is 47.2 cm³/mol. The molecule has 0 aliphatic heterocycles. The highest BCUT2D eigenvalue weighted by atomic mass is 15.3. The van der Waals surface area contributed by atoms with E-state index in [9.17, 15) is 0 Å². The number of nitrogens with two attached hydrogens (primary N) is 1. The molecule has 1 aliphatic carbocycles. The monoisotopic (exact) mass is 155 g/mol. The molecule has 3 heteroatoms. The van der Waals surface area contributed by atoms with Gasteiger partial charge in [0.25, 0.3) is 0 Å². The summed E-state index contributed by atoms with van der Waals surface area (Å²) in [6.07, 6.45) is 3.73. The second kappa shape index (κ2) is 3.72. The van der Waals surface area contributed by atoms with Crippen LogP contribution in [0.25, 0.3) is 0 Å². The van der Waals surface area contributed by atoms with E-state index < -0.39 is 0 Å². The first-order valence-corrected chi connectivity index (χ1v) is 4.25. The summed E-state index contributed by atoms with van der Waals surface area (Å²) in [4.78, 5) is 4.36. The topological polar surface area (TPSA) is 50.4 Å². The van der Waals surface area contributed by atoms with Gasteiger partial charge in [0.15, 0.2) is 0 Å². The first-order valence-electron chi connectivity index (χ1n) is 4.25. The Hall–Kier alpha value is -0.570. The zero-order valence-corrected chi connectivity index (χ0v) is 7.30. The number of nitrogens with one attached hydrogen (secondary N) is 1. The molecule has 0 spiro atoms. The van der Waals surface area contributed by atoms with Crippen molar-refractivity contribution in [2.24, 2.45) is 16.8 Å². The van der Waals surface area contributed by atoms with E-state index in [1.807, 2.05) is 0 Å². The van der Waals surface area contributed by atoms with Gasteiger partial charge in [0.2, 0.25) is 0 Å². The van der Waals surface area contributed by atoms with Crippen LogP contribution in [0.2, 0.25) is 0 Å². The summed E-state index contributed by atoms with van der Waals surface area (Å²) < 4.78 is 0. The quantitative estimate of drug-likeness (QED) is 0.277. The van der Waals surface area contributed by atoms with Gasteiger partial charge in [0.05, 0.1) is 0 Å². The zero-order valence-electron chi connectivity index (χ0n) is 7.30. The molecule has 0 aromatic carbocycles. The van der Waals surface area contributed by atoms with Gasteiger partial charge in [-0.2, -0.15) is 0 Å². The molecule has 0 bridgehead atoms. The molecule has 0 aromatic heterocycles. The molecular formula is C8H17N3. The molecule has 3 nitrogen and oxygen atoms in total. The number of aliphatic imine (C=N–C) groups is 1. The van der Waals surface area contributed by atoms with E-state index in [2.05, 4.69) is 24.3 Å². The molecule has 3 N–H and O–H groups in total. The van der Waals surface area contributed by atoms with Crippen LogP contribution >= 0.6 is 0 Å². The standard InChI is InChI=1S/C8H17N3/c1-6(2)10-8(11-9)5-7-3-4-7/h6-7H,3-5,9H2,1-2H3,(H,10,11). The number of hydrogen-bond acceptors (Lipinski definition) is 2. The van der Waals surface area contributed by atoms with Gasteiger partial charge in [-0.1, -0.05) is 0 Å². The third kappa shape index (κ3) is 3.37. The van der Waals surface area contributed by atoms with E-state index in [4.69, 9.17) is 5.84 Å². The summed E-state index contributed by atoms with van der Waals surface area (Å²) in [6, 6.07) is 0.347. The summed E-state index contributed by atoms with van der Waals surface area (Å²) in [6.45, 7) is 4.12. The second-order valence-corrected chi connectivity index (χ2v) is 3.46. The van der Waals surface area contributed by atoms with Gasteiger partial charge in [-0.15, -0.1) is 0 Å². The van der Waals surface area contributed by atoms with Gasteiger partial charge < -0.3 is 5.43 Å². The lowest BCUT2D eigenvalue weighted by Crippen LogP contribution is -2.31. The molecule has 64 valence electrons. The van der Waals surface area contributed by atoms with Gasteiger partial charge in [0.1, 0.15) is 5.84 Å². The van der Waals surface area contributed by atoms with E-state index in [1.54, 1.807) is 0 Å². The fourth-order valence-corrected chi connectivity index (χ4v) is 1.06. The van der Waals surface area contributed by atoms with Crippen molar-refractivity contribution in [2.75, 3.05) is 0 Å². The first kappa shape index (κ1) is 8.53. The lowest BCUT2D eigenvalue weighted by molar-refractivity contribution is 0.779. The van der Waals surface area contributed by atoms with Crippen molar-refractivity contribution < 1.29 is 0 Å². The van der Waals surface area contributed by atoms with Gasteiger partial charge in [0, 0.05) is 12.5 Å². The van der Waals surface area contributed by atoms with Crippen molar-refractivity contribution in [3.05, 3.63) is 0 Å². The van der Waals surface area contributed by atoms with E-state index in [-0.39, 0.29) is 0 Å². The van der Waals surface area contributed by atoms with Crippen molar-refractivity contribution in [1.29, 1.82) is 0 Å². The normalized spacial score (nSPS) is 19.1. The van der Waals surface area contributed by atoms with Gasteiger partial charge in [-0.25, -0.2) is 5.84 Å². The summed E-state index contributed by atoms with van der Waals surface area (Å²) >= 11 is 0. The van der Waals surface area contributed by atoms with Crippen molar-refractivity contribution in [3.63, 3.8) is 0 Å². The summed E-state index contributed by atoms with van der Waals surface area (Å²) in [7, 11) is 0. The Bertz CT molecular complexity index is 147. The maximum absolute atomic E-state index is 5.32. The zero-order chi connectivity index (χ0) is 8.27. The van der Waals surface area contributed by atoms with Crippen LogP contribution in [-0.2, 0) is 0 Å². The molecule has 0 unspecified atom stereocenters. The van der Waals surface area contributed by atoms with E-state index >= 15 is 0 Å². The van der Waals surface area contributed by atoms with Crippen molar-refractivity contribution in [2.45, 2.75) is 39.2 Å². The van der Waals surface area contributed by atoms with Crippen LogP contribution < -0.4 is 11.3 Å². The van der Waals surface area contributed by atoms with Crippen molar-refractivity contribution >= 4 is 5.84 Å². The van der Waals surface area contributed by atoms with Crippen molar-refractivity contribution in [1.82, 2.24) is 5.43 Å². The van der Waals surface area contributed by atoms with Gasteiger partial charge in [-0.05, 0) is 32.6 Å². The molecule has 1 rings (SSSR count). The van der Waals surface area contributed by atoms with E-state index in [0.29, 0.717) is 6.04 Å². The molecule has 1 fully saturated rings. The molecule has 0 amide bonds. The third-order valence-corrected chi connectivity index (χ3v) is 1.76. The van der Waals surface area contributed by atoms with E-state index in [1.165, 1.54) is 12.8 Å². The van der Waals surface area contributed by atoms with Crippen LogP contribution in [0, 0.1) is 5.92 Å². The average molecular weight is 155 g/mol. The molecule has 1 saturated carbocycles. The Balaban J connectivity index is 2.33. The smallest absolute Gasteiger partial charge is 0.111 e. The van der Waals surface area contributed by atoms with Gasteiger partial charge in [-0.3, -0.25) is 4.99 Å². The second-order valence-electron chi connectivity index (χ2n) is 3.46. The molecule has 0 heterocycles. The fourth-order valence-electron chi connectivity index (χ4n) is 1.06. The van der Waals surface area contributed by atoms with E-state index in [0.717, 1.165) is 18.2 Å². The number of hydrazine groups is 1. The van der Waals surface area contributed by atoms with Crippen LogP contribution in [0.3, 0.4) is 0 Å². The van der Waals surface area contributed by atoms with Crippen LogP contribution in [0.5, 0.6) is 0 Å². The predicted octanol–water partition coefficient (Wildman–Crippen LogP) is 1.06. The minimum atomic E-state index is 0.347. The minimum Gasteiger partial charge on any atom is -0.312 e. The van der Waals surface area contributed by atoms with Crippen LogP contribution in [0.1, 0.15) is 33.1 Å². The number of rotatable bonds is 3. The number of hydrogen-bond donors (Lipinski definition) is 2. The summed E-state index contributed by atoms with van der Waals surface area (Å²) in [5.74, 6) is 7.13. The van der Waals surface area contributed by atoms with Crippen LogP contribution in [0.4, 0.5) is 0 Å². The summed E-state index contributed by atoms with van der Waals surface area (Å²) in [5, 5.41) is 0. The molecule has 0 aromatic rings. The maximum atomic E-state index is 5.32. The number of nitrogens with zero attached hydrogens (tertiary/aromatic N) is 1. The molecule has 0 atom stereocenters. The highest BCUT2D eigenvalue weighted by molar-refractivity contribution is 5.82. The lowest BCUT2D eigenvalue weighted by atomic mass is 10.2. The summed E-state index contributed by atoms with van der Waals surface area (Å²) in [5.41, 5.74) is 2.65. The molecular weight excluding hydrogens is 138 g/mol. The number of amidine groups is 1. The van der Waals surface area contributed by atoms with Crippen molar-refractivity contribution in [3.8, 4) is 0 Å². The van der Waals surface area contributed by atoms with Crippen LogP contribution in [0.15, 0.2) is 4.99 Å². The Morgan fingerprint density at radius 3 is 2.64 bits per heavy atom. The third-order valence-electron chi connectivity index (χ3n) is 1.76. The molecule has 0 radical (unpaired) electrons. The molecule has 1 aliphatic rings.